The second-order valence-corrected chi connectivity index (χ2v) is 8.34. The molecule has 0 unspecified atom stereocenters. The van der Waals surface area contributed by atoms with E-state index >= 15 is 0 Å². The van der Waals surface area contributed by atoms with Gasteiger partial charge in [-0.25, -0.2) is 18.0 Å². The molecule has 7 heteroatoms. The maximum Gasteiger partial charge on any atom is 0.407 e. The van der Waals surface area contributed by atoms with Gasteiger partial charge in [0.05, 0.1) is 12.3 Å². The third kappa shape index (κ3) is 5.46. The summed E-state index contributed by atoms with van der Waals surface area (Å²) in [7, 11) is 0. The molecule has 1 amide bonds. The van der Waals surface area contributed by atoms with Crippen molar-refractivity contribution in [3.05, 3.63) is 60.2 Å². The van der Waals surface area contributed by atoms with E-state index in [4.69, 9.17) is 4.74 Å². The number of nitrogens with one attached hydrogen (secondary N) is 1. The van der Waals surface area contributed by atoms with Crippen LogP contribution in [-0.4, -0.2) is 30.2 Å². The summed E-state index contributed by atoms with van der Waals surface area (Å²) in [5.74, 6) is -3.27. The van der Waals surface area contributed by atoms with Crippen LogP contribution in [0.4, 0.5) is 18.0 Å². The minimum atomic E-state index is -2.65. The normalized spacial score (nSPS) is 26.2. The van der Waals surface area contributed by atoms with Crippen LogP contribution >= 0.6 is 0 Å². The van der Waals surface area contributed by atoms with Crippen LogP contribution in [0.1, 0.15) is 31.4 Å². The van der Waals surface area contributed by atoms with Gasteiger partial charge in [-0.2, -0.15) is 0 Å². The predicted octanol–water partition coefficient (Wildman–Crippen LogP) is 5.70. The van der Waals surface area contributed by atoms with E-state index < -0.39 is 12.0 Å². The summed E-state index contributed by atoms with van der Waals surface area (Å²) in [5, 5.41) is 2.64. The van der Waals surface area contributed by atoms with Crippen LogP contribution in [0.15, 0.2) is 48.7 Å². The Morgan fingerprint density at radius 3 is 2.81 bits per heavy atom. The van der Waals surface area contributed by atoms with Crippen molar-refractivity contribution in [1.29, 1.82) is 0 Å². The minimum Gasteiger partial charge on any atom is -0.449 e. The van der Waals surface area contributed by atoms with Crippen molar-refractivity contribution in [2.75, 3.05) is 13.2 Å². The third-order valence-corrected chi connectivity index (χ3v) is 6.21. The first-order valence-corrected chi connectivity index (χ1v) is 10.6. The van der Waals surface area contributed by atoms with E-state index in [1.165, 1.54) is 12.1 Å². The Kier molecular flexibility index (Phi) is 6.30. The van der Waals surface area contributed by atoms with E-state index in [0.717, 1.165) is 11.1 Å². The quantitative estimate of drug-likeness (QED) is 0.680. The number of nitrogens with zero attached hydrogens (tertiary/aromatic N) is 1. The van der Waals surface area contributed by atoms with Crippen LogP contribution < -0.4 is 5.32 Å². The number of pyridine rings is 1. The minimum absolute atomic E-state index is 0.0233. The fraction of sp³-hybridized carbons (Fsp3) is 0.417. The molecule has 0 spiro atoms. The van der Waals surface area contributed by atoms with Gasteiger partial charge in [0.2, 0.25) is 5.92 Å². The maximum absolute atomic E-state index is 14.0. The van der Waals surface area contributed by atoms with Crippen molar-refractivity contribution >= 4 is 12.2 Å². The highest BCUT2D eigenvalue weighted by Crippen LogP contribution is 2.45. The van der Waals surface area contributed by atoms with Gasteiger partial charge in [-0.15, -0.1) is 0 Å². The summed E-state index contributed by atoms with van der Waals surface area (Å²) in [6, 6.07) is 9.99. The fourth-order valence-corrected chi connectivity index (χ4v) is 4.60. The Bertz CT molecular complexity index is 946. The molecule has 0 radical (unpaired) electrons. The first kappa shape index (κ1) is 21.4. The Morgan fingerprint density at radius 1 is 1.16 bits per heavy atom. The van der Waals surface area contributed by atoms with Gasteiger partial charge in [0.15, 0.2) is 0 Å². The zero-order chi connectivity index (χ0) is 21.8. The van der Waals surface area contributed by atoms with Gasteiger partial charge < -0.3 is 10.1 Å². The van der Waals surface area contributed by atoms with Crippen molar-refractivity contribution in [1.82, 2.24) is 10.3 Å². The van der Waals surface area contributed by atoms with Crippen LogP contribution in [0.5, 0.6) is 0 Å². The lowest BCUT2D eigenvalue weighted by Gasteiger charge is -2.38. The number of ether oxygens (including phenoxy) is 1. The van der Waals surface area contributed by atoms with Gasteiger partial charge in [-0.3, -0.25) is 4.98 Å². The van der Waals surface area contributed by atoms with E-state index in [9.17, 15) is 18.0 Å². The highest BCUT2D eigenvalue weighted by Gasteiger charge is 2.43. The van der Waals surface area contributed by atoms with E-state index in [1.807, 2.05) is 30.4 Å². The van der Waals surface area contributed by atoms with Gasteiger partial charge in [0.25, 0.3) is 0 Å². The van der Waals surface area contributed by atoms with Crippen LogP contribution in [0.25, 0.3) is 17.2 Å². The van der Waals surface area contributed by atoms with E-state index in [0.29, 0.717) is 25.1 Å². The number of amides is 1. The molecule has 1 saturated heterocycles. The number of alkyl carbamates (subject to hydrolysis) is 1. The van der Waals surface area contributed by atoms with Crippen molar-refractivity contribution in [3.63, 3.8) is 0 Å². The Hall–Kier alpha value is -2.83. The molecule has 1 saturated carbocycles. The van der Waals surface area contributed by atoms with Crippen LogP contribution in [0.3, 0.4) is 0 Å². The molecule has 31 heavy (non-hydrogen) atoms. The molecular formula is C24H25F3N2O2. The number of hydrogen-bond donors (Lipinski definition) is 1. The first-order chi connectivity index (χ1) is 14.9. The van der Waals surface area contributed by atoms with Crippen LogP contribution in [0.2, 0.25) is 0 Å². The molecule has 0 bridgehead atoms. The van der Waals surface area contributed by atoms with Gasteiger partial charge in [-0.05, 0) is 54.5 Å². The molecule has 1 aromatic heterocycles. The predicted molar refractivity (Wildman–Crippen MR) is 112 cm³/mol. The molecule has 4 rings (SSSR count). The Morgan fingerprint density at radius 2 is 2.03 bits per heavy atom. The van der Waals surface area contributed by atoms with Gasteiger partial charge in [-0.1, -0.05) is 24.3 Å². The number of halogens is 3. The summed E-state index contributed by atoms with van der Waals surface area (Å²) < 4.78 is 46.7. The number of fused-ring (bicyclic) bond motifs is 1. The summed E-state index contributed by atoms with van der Waals surface area (Å²) in [6.45, 7) is 0.492. The number of cyclic esters (lactones) is 1. The second kappa shape index (κ2) is 9.12. The van der Waals surface area contributed by atoms with E-state index in [-0.39, 0.29) is 43.0 Å². The molecule has 2 aromatic rings. The molecule has 1 aliphatic heterocycles. The average molecular weight is 430 g/mol. The number of aromatic nitrogens is 1. The topological polar surface area (TPSA) is 51.2 Å². The lowest BCUT2D eigenvalue weighted by molar-refractivity contribution is -0.0782. The lowest BCUT2D eigenvalue weighted by atomic mass is 9.70. The van der Waals surface area contributed by atoms with Gasteiger partial charge in [0, 0.05) is 37.1 Å². The van der Waals surface area contributed by atoms with E-state index in [2.05, 4.69) is 10.3 Å². The molecule has 1 N–H and O–H groups in total. The van der Waals surface area contributed by atoms with Crippen LogP contribution in [-0.2, 0) is 4.74 Å². The van der Waals surface area contributed by atoms with Crippen molar-refractivity contribution < 1.29 is 22.7 Å². The fourth-order valence-electron chi connectivity index (χ4n) is 4.60. The number of carbonyl (C=O) groups excluding carboxylic acids is 1. The molecule has 2 heterocycles. The smallest absolute Gasteiger partial charge is 0.407 e. The summed E-state index contributed by atoms with van der Waals surface area (Å²) in [5.41, 5.74) is 2.24. The molecule has 2 fully saturated rings. The molecule has 4 nitrogen and oxygen atoms in total. The number of benzene rings is 1. The van der Waals surface area contributed by atoms with Crippen molar-refractivity contribution in [2.24, 2.45) is 17.8 Å². The number of alkyl halides is 2. The zero-order valence-corrected chi connectivity index (χ0v) is 17.1. The van der Waals surface area contributed by atoms with Crippen molar-refractivity contribution in [3.8, 4) is 11.1 Å². The van der Waals surface area contributed by atoms with E-state index in [1.54, 1.807) is 12.3 Å². The average Bonchev–Trinajstić information content (AvgIpc) is 2.81. The summed E-state index contributed by atoms with van der Waals surface area (Å²) >= 11 is 0. The maximum atomic E-state index is 14.0. The molecule has 1 aromatic carbocycles. The zero-order valence-electron chi connectivity index (χ0n) is 17.1. The van der Waals surface area contributed by atoms with Gasteiger partial charge in [0.1, 0.15) is 5.82 Å². The molecule has 1 aliphatic carbocycles. The molecule has 164 valence electrons. The molecule has 2 aliphatic rings. The largest absolute Gasteiger partial charge is 0.449 e. The van der Waals surface area contributed by atoms with Crippen molar-refractivity contribution in [2.45, 2.75) is 31.6 Å². The Labute approximate surface area is 179 Å². The first-order valence-electron chi connectivity index (χ1n) is 10.6. The lowest BCUT2D eigenvalue weighted by Crippen LogP contribution is -2.37. The number of hydrogen-bond acceptors (Lipinski definition) is 3. The summed E-state index contributed by atoms with van der Waals surface area (Å²) in [6.07, 6.45) is 5.54. The Balaban J connectivity index is 1.51. The monoisotopic (exact) mass is 430 g/mol. The highest BCUT2D eigenvalue weighted by molar-refractivity contribution is 5.67. The number of rotatable bonds is 3. The summed E-state index contributed by atoms with van der Waals surface area (Å²) in [4.78, 5) is 16.2. The van der Waals surface area contributed by atoms with Gasteiger partial charge >= 0.3 is 6.09 Å². The second-order valence-electron chi connectivity index (χ2n) is 8.34. The van der Waals surface area contributed by atoms with Crippen LogP contribution in [0, 0.1) is 23.6 Å². The molecular weight excluding hydrogens is 405 g/mol. The number of carbonyl (C=O) groups is 1. The molecule has 3 atom stereocenters. The standard InChI is InChI=1S/C24H25F3N2O2/c25-20-3-1-2-16(12-20)18-4-6-21(29-14-18)7-5-19-15-31-23(30)28-11-9-17-13-24(26,27)10-8-22(17)19/h1-7,12,14,17,19,22H,8-11,13,15H2,(H,28,30)/b7-5+/t17-,19-,22-/m1/s1. The SMILES string of the molecule is O=C1NCC[C@@H]2CC(F)(F)CC[C@H]2[C@H](/C=C/c2ccc(-c3cccc(F)c3)cn2)CO1. The third-order valence-electron chi connectivity index (χ3n) is 6.21. The highest BCUT2D eigenvalue weighted by atomic mass is 19.3.